The van der Waals surface area contributed by atoms with Gasteiger partial charge >= 0.3 is 0 Å². The molecule has 1 saturated heterocycles. The van der Waals surface area contributed by atoms with Crippen LogP contribution in [0.5, 0.6) is 0 Å². The fourth-order valence-corrected chi connectivity index (χ4v) is 4.05. The molecule has 0 aliphatic carbocycles. The molecular weight excluding hydrogens is 386 g/mol. The Balaban J connectivity index is 1.25. The maximum Gasteiger partial charge on any atom is 0.253 e. The van der Waals surface area contributed by atoms with Crippen LogP contribution in [-0.4, -0.2) is 54.3 Å². The molecule has 0 bridgehead atoms. The molecule has 0 saturated carbocycles. The summed E-state index contributed by atoms with van der Waals surface area (Å²) in [4.78, 5) is 29.4. The molecular formula is C26H29N3O2. The Morgan fingerprint density at radius 2 is 1.58 bits per heavy atom. The first-order valence-corrected chi connectivity index (χ1v) is 11.0. The van der Waals surface area contributed by atoms with Gasteiger partial charge in [-0.25, -0.2) is 0 Å². The molecule has 3 aromatic rings. The third kappa shape index (κ3) is 5.12. The van der Waals surface area contributed by atoms with Crippen LogP contribution in [0.1, 0.15) is 29.3 Å². The predicted octanol–water partition coefficient (Wildman–Crippen LogP) is 4.19. The van der Waals surface area contributed by atoms with Crippen molar-refractivity contribution in [2.75, 3.05) is 38.0 Å². The quantitative estimate of drug-likeness (QED) is 0.657. The lowest BCUT2D eigenvalue weighted by atomic mass is 10.1. The molecule has 1 aliphatic rings. The van der Waals surface area contributed by atoms with E-state index in [0.717, 1.165) is 41.5 Å². The van der Waals surface area contributed by atoms with Crippen molar-refractivity contribution in [2.24, 2.45) is 0 Å². The van der Waals surface area contributed by atoms with Gasteiger partial charge in [0.05, 0.1) is 0 Å². The molecule has 0 aromatic heterocycles. The topological polar surface area (TPSA) is 52.7 Å². The monoisotopic (exact) mass is 415 g/mol. The Hall–Kier alpha value is -3.18. The van der Waals surface area contributed by atoms with E-state index in [1.807, 2.05) is 71.6 Å². The van der Waals surface area contributed by atoms with Crippen LogP contribution in [-0.2, 0) is 11.2 Å². The molecule has 0 atom stereocenters. The number of hydrogen-bond donors (Lipinski definition) is 1. The van der Waals surface area contributed by atoms with E-state index in [9.17, 15) is 9.59 Å². The number of amides is 2. The second-order valence-corrected chi connectivity index (χ2v) is 8.01. The molecule has 0 unspecified atom stereocenters. The number of carbonyl (C=O) groups excluding carboxylic acids is 2. The Bertz CT molecular complexity index is 1050. The van der Waals surface area contributed by atoms with E-state index in [4.69, 9.17) is 0 Å². The number of nitrogens with zero attached hydrogens (tertiary/aromatic N) is 2. The summed E-state index contributed by atoms with van der Waals surface area (Å²) in [6.45, 7) is 5.78. The van der Waals surface area contributed by atoms with Gasteiger partial charge < -0.3 is 10.2 Å². The average Bonchev–Trinajstić information content (AvgIpc) is 2.83. The molecule has 1 aliphatic heterocycles. The van der Waals surface area contributed by atoms with Crippen molar-refractivity contribution >= 4 is 28.3 Å². The summed E-state index contributed by atoms with van der Waals surface area (Å²) in [5.74, 6) is 0.113. The minimum Gasteiger partial charge on any atom is -0.336 e. The highest BCUT2D eigenvalue weighted by atomic mass is 16.2. The van der Waals surface area contributed by atoms with Gasteiger partial charge in [0.25, 0.3) is 5.91 Å². The lowest BCUT2D eigenvalue weighted by Gasteiger charge is -2.34. The highest BCUT2D eigenvalue weighted by Crippen LogP contribution is 2.23. The molecule has 4 rings (SSSR count). The van der Waals surface area contributed by atoms with E-state index in [1.165, 1.54) is 5.56 Å². The summed E-state index contributed by atoms with van der Waals surface area (Å²) in [6.07, 6.45) is 1.41. The van der Waals surface area contributed by atoms with Crippen LogP contribution in [0.4, 0.5) is 5.69 Å². The van der Waals surface area contributed by atoms with Gasteiger partial charge in [-0.3, -0.25) is 14.5 Å². The van der Waals surface area contributed by atoms with E-state index < -0.39 is 0 Å². The Labute approximate surface area is 183 Å². The van der Waals surface area contributed by atoms with E-state index in [2.05, 4.69) is 17.1 Å². The molecule has 160 valence electrons. The number of nitrogens with one attached hydrogen (secondary N) is 1. The lowest BCUT2D eigenvalue weighted by molar-refractivity contribution is -0.116. The summed E-state index contributed by atoms with van der Waals surface area (Å²) >= 11 is 0. The van der Waals surface area contributed by atoms with Gasteiger partial charge in [0, 0.05) is 55.8 Å². The van der Waals surface area contributed by atoms with Crippen molar-refractivity contribution in [3.8, 4) is 0 Å². The van der Waals surface area contributed by atoms with Crippen molar-refractivity contribution in [1.82, 2.24) is 9.80 Å². The third-order valence-electron chi connectivity index (χ3n) is 5.99. The van der Waals surface area contributed by atoms with E-state index in [1.54, 1.807) is 0 Å². The number of aryl methyl sites for hydroxylation is 1. The first-order valence-electron chi connectivity index (χ1n) is 11.0. The van der Waals surface area contributed by atoms with Gasteiger partial charge in [0.15, 0.2) is 0 Å². The number of hydrogen-bond acceptors (Lipinski definition) is 3. The summed E-state index contributed by atoms with van der Waals surface area (Å²) < 4.78 is 0. The van der Waals surface area contributed by atoms with Crippen LogP contribution in [0.15, 0.2) is 66.7 Å². The number of rotatable bonds is 6. The molecule has 2 amide bonds. The molecule has 1 fully saturated rings. The molecule has 0 radical (unpaired) electrons. The molecule has 31 heavy (non-hydrogen) atoms. The zero-order valence-electron chi connectivity index (χ0n) is 18.0. The highest BCUT2D eigenvalue weighted by Gasteiger charge is 2.22. The zero-order valence-corrected chi connectivity index (χ0v) is 18.0. The van der Waals surface area contributed by atoms with E-state index in [0.29, 0.717) is 26.1 Å². The SMILES string of the molecule is CCc1ccc(C(=O)N2CCN(CCC(=O)Nc3cccc4ccccc34)CC2)cc1. The Morgan fingerprint density at radius 1 is 0.871 bits per heavy atom. The van der Waals surface area contributed by atoms with Gasteiger partial charge in [-0.15, -0.1) is 0 Å². The Morgan fingerprint density at radius 3 is 2.32 bits per heavy atom. The first kappa shape index (κ1) is 21.1. The van der Waals surface area contributed by atoms with Crippen LogP contribution in [0.3, 0.4) is 0 Å². The van der Waals surface area contributed by atoms with Crippen LogP contribution in [0.25, 0.3) is 10.8 Å². The summed E-state index contributed by atoms with van der Waals surface area (Å²) in [5, 5.41) is 5.22. The van der Waals surface area contributed by atoms with Gasteiger partial charge in [-0.1, -0.05) is 55.5 Å². The zero-order chi connectivity index (χ0) is 21.6. The second-order valence-electron chi connectivity index (χ2n) is 8.01. The van der Waals surface area contributed by atoms with Gasteiger partial charge in [0.2, 0.25) is 5.91 Å². The van der Waals surface area contributed by atoms with Crippen molar-refractivity contribution in [3.05, 3.63) is 77.9 Å². The fourth-order valence-electron chi connectivity index (χ4n) is 4.05. The smallest absolute Gasteiger partial charge is 0.253 e. The number of anilines is 1. The fraction of sp³-hybridized carbons (Fsp3) is 0.308. The van der Waals surface area contributed by atoms with Gasteiger partial charge in [0.1, 0.15) is 0 Å². The maximum absolute atomic E-state index is 12.7. The van der Waals surface area contributed by atoms with Crippen LogP contribution in [0, 0.1) is 0 Å². The normalized spacial score (nSPS) is 14.5. The number of piperazine rings is 1. The van der Waals surface area contributed by atoms with Crippen LogP contribution < -0.4 is 5.32 Å². The molecule has 1 heterocycles. The van der Waals surface area contributed by atoms with Crippen molar-refractivity contribution in [1.29, 1.82) is 0 Å². The van der Waals surface area contributed by atoms with Gasteiger partial charge in [-0.05, 0) is 35.6 Å². The summed E-state index contributed by atoms with van der Waals surface area (Å²) in [5.41, 5.74) is 2.84. The van der Waals surface area contributed by atoms with E-state index in [-0.39, 0.29) is 11.8 Å². The van der Waals surface area contributed by atoms with Crippen molar-refractivity contribution < 1.29 is 9.59 Å². The van der Waals surface area contributed by atoms with Crippen molar-refractivity contribution in [3.63, 3.8) is 0 Å². The number of carbonyl (C=O) groups is 2. The predicted molar refractivity (Wildman–Crippen MR) is 125 cm³/mol. The minimum absolute atomic E-state index is 0.0193. The van der Waals surface area contributed by atoms with Crippen molar-refractivity contribution in [2.45, 2.75) is 19.8 Å². The summed E-state index contributed by atoms with van der Waals surface area (Å²) in [7, 11) is 0. The third-order valence-corrected chi connectivity index (χ3v) is 5.99. The largest absolute Gasteiger partial charge is 0.336 e. The molecule has 3 aromatic carbocycles. The van der Waals surface area contributed by atoms with Gasteiger partial charge in [-0.2, -0.15) is 0 Å². The highest BCUT2D eigenvalue weighted by molar-refractivity contribution is 6.02. The first-order chi connectivity index (χ1) is 15.1. The molecule has 5 nitrogen and oxygen atoms in total. The lowest BCUT2D eigenvalue weighted by Crippen LogP contribution is -2.49. The average molecular weight is 416 g/mol. The maximum atomic E-state index is 12.7. The second kappa shape index (κ2) is 9.75. The van der Waals surface area contributed by atoms with Crippen LogP contribution in [0.2, 0.25) is 0 Å². The van der Waals surface area contributed by atoms with Crippen LogP contribution >= 0.6 is 0 Å². The minimum atomic E-state index is 0.0193. The molecule has 5 heteroatoms. The van der Waals surface area contributed by atoms with E-state index >= 15 is 0 Å². The molecule has 0 spiro atoms. The summed E-state index contributed by atoms with van der Waals surface area (Å²) in [6, 6.07) is 21.9. The number of fused-ring (bicyclic) bond motifs is 1. The Kier molecular flexibility index (Phi) is 6.63. The number of benzene rings is 3. The standard InChI is InChI=1S/C26H29N3O2/c1-2-20-10-12-22(13-11-20)26(31)29-18-16-28(17-19-29)15-14-25(30)27-24-9-5-7-21-6-3-4-8-23(21)24/h3-13H,2,14-19H2,1H3,(H,27,30). The molecule has 1 N–H and O–H groups in total.